The Hall–Kier alpha value is -11.7. The summed E-state index contributed by atoms with van der Waals surface area (Å²) in [7, 11) is 8.74. The van der Waals surface area contributed by atoms with Crippen molar-refractivity contribution in [2.75, 3.05) is 64.8 Å². The number of benzene rings is 3. The third-order valence-electron chi connectivity index (χ3n) is 21.3. The van der Waals surface area contributed by atoms with Crippen molar-refractivity contribution in [3.8, 4) is 67.7 Å². The van der Waals surface area contributed by atoms with Gasteiger partial charge in [-0.3, -0.25) is 23.6 Å². The van der Waals surface area contributed by atoms with Crippen LogP contribution in [0.5, 0.6) is 0 Å². The van der Waals surface area contributed by atoms with Crippen molar-refractivity contribution in [3.05, 3.63) is 187 Å². The molecule has 0 radical (unpaired) electrons. The third-order valence-corrected chi connectivity index (χ3v) is 21.3. The zero-order valence-electron chi connectivity index (χ0n) is 60.0. The van der Waals surface area contributed by atoms with Crippen molar-refractivity contribution in [1.82, 2.24) is 94.5 Å². The summed E-state index contributed by atoms with van der Waals surface area (Å²) >= 11 is 0. The van der Waals surface area contributed by atoms with Crippen LogP contribution in [0.2, 0.25) is 0 Å². The molecular weight excluding hydrogens is 1330 g/mol. The highest BCUT2D eigenvalue weighted by atomic mass is 16.5. The summed E-state index contributed by atoms with van der Waals surface area (Å²) in [6, 6.07) is 30.4. The van der Waals surface area contributed by atoms with E-state index in [1.165, 1.54) is 34.6 Å². The van der Waals surface area contributed by atoms with Gasteiger partial charge in [0.2, 0.25) is 23.7 Å². The first kappa shape index (κ1) is 69.1. The largest absolute Gasteiger partial charge is 0.377 e. The highest BCUT2D eigenvalue weighted by molar-refractivity contribution is 5.76. The number of nitrogens with two attached hydrogens (primary N) is 1. The van der Waals surface area contributed by atoms with Gasteiger partial charge < -0.3 is 44.5 Å². The van der Waals surface area contributed by atoms with Gasteiger partial charge in [0.25, 0.3) is 17.7 Å². The summed E-state index contributed by atoms with van der Waals surface area (Å²) in [6.07, 6.45) is 30.0. The number of anilines is 3. The maximum Gasteiger partial charge on any atom is 0.261 e. The Kier molecular flexibility index (Phi) is 19.0. The molecule has 2 amide bonds. The fraction of sp³-hybridized carbons (Fsp3) is 0.377. The first-order valence-corrected chi connectivity index (χ1v) is 35.6. The minimum Gasteiger partial charge on any atom is -0.377 e. The molecule has 4 aliphatic carbocycles. The lowest BCUT2D eigenvalue weighted by atomic mass is 9.62. The highest BCUT2D eigenvalue weighted by Crippen LogP contribution is 2.53. The first-order chi connectivity index (χ1) is 50.9. The Morgan fingerprint density at radius 1 is 0.476 bits per heavy atom. The molecule has 2 unspecified atom stereocenters. The zero-order chi connectivity index (χ0) is 72.6. The van der Waals surface area contributed by atoms with Gasteiger partial charge >= 0.3 is 0 Å². The fourth-order valence-electron chi connectivity index (χ4n) is 13.5. The SMILES string of the molecule is CN(C)C(=O)Cn1cc(-c2nc(C(C)(c3ccc(-c4cnc(NC5CC5)nc4)cc3)C3CC3)no2)cn1.CNc1ccc(-c2ccc(C(C)(c3noc(-c4cnn(CC(=O)N(C)C)c4)n3)C3CC3)cc2)cn1.C[C@@](c1ccc(-c2cnc(N)nc2)cc1)(c1noc(-c2cnn(C3COC3)c2)n1)C1CCC1. The minimum absolute atomic E-state index is 0.0376. The topological polar surface area (TPSA) is 335 Å². The van der Waals surface area contributed by atoms with Crippen LogP contribution in [0.4, 0.5) is 17.7 Å². The number of likely N-dealkylation sites (N-methyl/N-ethyl adjacent to an activating group) is 2. The Morgan fingerprint density at radius 2 is 0.876 bits per heavy atom. The van der Waals surface area contributed by atoms with Crippen LogP contribution in [0, 0.1) is 17.8 Å². The zero-order valence-corrected chi connectivity index (χ0v) is 60.0. The van der Waals surface area contributed by atoms with E-state index in [0.29, 0.717) is 89.2 Å². The molecule has 9 aromatic heterocycles. The summed E-state index contributed by atoms with van der Waals surface area (Å²) < 4.78 is 27.4. The highest BCUT2D eigenvalue weighted by Gasteiger charge is 2.49. The lowest BCUT2D eigenvalue weighted by molar-refractivity contribution is -0.130. The second-order valence-corrected chi connectivity index (χ2v) is 28.8. The molecule has 0 bridgehead atoms. The summed E-state index contributed by atoms with van der Waals surface area (Å²) in [5, 5.41) is 32.6. The van der Waals surface area contributed by atoms with Gasteiger partial charge in [-0.2, -0.15) is 30.2 Å². The number of carbonyl (C=O) groups excluding carboxylic acids is 2. The molecule has 28 nitrogen and oxygen atoms in total. The Labute approximate surface area is 606 Å². The molecular formula is C77H84N22O6. The van der Waals surface area contributed by atoms with Crippen molar-refractivity contribution in [2.24, 2.45) is 17.8 Å². The molecule has 10 heterocycles. The van der Waals surface area contributed by atoms with Crippen molar-refractivity contribution in [3.63, 3.8) is 0 Å². The van der Waals surface area contributed by atoms with E-state index in [0.717, 1.165) is 94.4 Å². The predicted molar refractivity (Wildman–Crippen MR) is 391 cm³/mol. The van der Waals surface area contributed by atoms with E-state index in [1.807, 2.05) is 42.6 Å². The molecule has 5 fully saturated rings. The average molecular weight is 1410 g/mol. The van der Waals surface area contributed by atoms with Gasteiger partial charge in [-0.05, 0) is 135 Å². The van der Waals surface area contributed by atoms with Crippen LogP contribution in [-0.4, -0.2) is 161 Å². The molecule has 1 saturated heterocycles. The number of nitrogens with one attached hydrogen (secondary N) is 2. The minimum atomic E-state index is -0.369. The summed E-state index contributed by atoms with van der Waals surface area (Å²) in [5.41, 5.74) is 16.4. The number of ether oxygens (including phenoxy) is 1. The summed E-state index contributed by atoms with van der Waals surface area (Å²) in [4.78, 5) is 63.0. The molecule has 3 atom stereocenters. The van der Waals surface area contributed by atoms with Crippen molar-refractivity contribution < 1.29 is 27.9 Å². The summed E-state index contributed by atoms with van der Waals surface area (Å²) in [5.74, 6) is 6.43. The van der Waals surface area contributed by atoms with Crippen molar-refractivity contribution in [2.45, 2.75) is 120 Å². The van der Waals surface area contributed by atoms with Gasteiger partial charge in [-0.25, -0.2) is 24.9 Å². The van der Waals surface area contributed by atoms with E-state index in [-0.39, 0.29) is 53.1 Å². The monoisotopic (exact) mass is 1410 g/mol. The Bertz CT molecular complexity index is 4970. The van der Waals surface area contributed by atoms with Crippen molar-refractivity contribution >= 4 is 29.5 Å². The number of carbonyl (C=O) groups is 2. The molecule has 3 aromatic carbocycles. The fourth-order valence-corrected chi connectivity index (χ4v) is 13.5. The van der Waals surface area contributed by atoms with Crippen molar-refractivity contribution in [1.29, 1.82) is 0 Å². The number of aromatic nitrogens is 17. The second-order valence-electron chi connectivity index (χ2n) is 28.8. The smallest absolute Gasteiger partial charge is 0.261 e. The second kappa shape index (κ2) is 28.9. The molecule has 4 N–H and O–H groups in total. The normalized spacial score (nSPS) is 16.7. The average Bonchev–Trinajstić information content (AvgIpc) is 1.65. The van der Waals surface area contributed by atoms with Crippen LogP contribution in [0.3, 0.4) is 0 Å². The van der Waals surface area contributed by atoms with Crippen LogP contribution < -0.4 is 16.4 Å². The quantitative estimate of drug-likeness (QED) is 0.0535. The van der Waals surface area contributed by atoms with Crippen LogP contribution in [0.15, 0.2) is 167 Å². The maximum absolute atomic E-state index is 12.0. The van der Waals surface area contributed by atoms with Gasteiger partial charge in [0, 0.05) is 108 Å². The molecule has 1 aliphatic heterocycles. The Balaban J connectivity index is 0.000000127. The molecule has 17 rings (SSSR count). The summed E-state index contributed by atoms with van der Waals surface area (Å²) in [6.45, 7) is 8.30. The van der Waals surface area contributed by atoms with Crippen LogP contribution in [0.1, 0.15) is 119 Å². The number of hydrogen-bond acceptors (Lipinski definition) is 23. The maximum atomic E-state index is 12.0. The van der Waals surface area contributed by atoms with E-state index in [4.69, 9.17) is 39.0 Å². The van der Waals surface area contributed by atoms with Gasteiger partial charge in [-0.1, -0.05) is 94.7 Å². The van der Waals surface area contributed by atoms with E-state index >= 15 is 0 Å². The lowest BCUT2D eigenvalue weighted by Crippen LogP contribution is -2.38. The lowest BCUT2D eigenvalue weighted by Gasteiger charge is -2.41. The standard InChI is InChI=1S/C27H30N8O2.C26H29N7O2.C24H25N7O2/c1-27(21-8-9-21,25-32-24(37-33-25)19-14-30-35(15-19)16-23(36)34(2)3)20-6-4-17(5-7-20)18-12-28-26(29-13-18)31-22-10-11-22;1-26(21-10-11-21,20-8-5-17(6-9-20)18-7-12-22(27-2)28-13-18)25-30-24(35-31-25)19-14-29-33(15-19)16-23(34)32(3)4;1-24(18-3-2-4-18,19-7-5-15(6-8-19)16-9-26-23(25)27-10-16)22-29-21(33-30-22)17-11-28-31(12-17)20-13-32-14-20/h4-7,12-15,21-22H,8-11,16H2,1-3H3,(H,28,29,31);5-9,12-15,21H,10-11,16H2,1-4H3,(H,27,28);5-12,18,20H,2-4,13-14H2,1H3,(H2,25,26,27)/t;;24-/m..1/s1. The number of amides is 2. The van der Waals surface area contributed by atoms with E-state index in [9.17, 15) is 9.59 Å². The predicted octanol–water partition coefficient (Wildman–Crippen LogP) is 11.3. The number of nitrogens with zero attached hydrogens (tertiary/aromatic N) is 19. The molecule has 4 saturated carbocycles. The van der Waals surface area contributed by atoms with Gasteiger partial charge in [0.1, 0.15) is 18.9 Å². The molecule has 538 valence electrons. The van der Waals surface area contributed by atoms with Gasteiger partial charge in [-0.15, -0.1) is 0 Å². The van der Waals surface area contributed by atoms with Crippen LogP contribution >= 0.6 is 0 Å². The number of rotatable bonds is 23. The molecule has 105 heavy (non-hydrogen) atoms. The van der Waals surface area contributed by atoms with E-state index in [2.05, 4.69) is 166 Å². The van der Waals surface area contributed by atoms with E-state index in [1.54, 1.807) is 80.9 Å². The molecule has 28 heteroatoms. The first-order valence-electron chi connectivity index (χ1n) is 35.6. The number of nitrogen functional groups attached to an aromatic ring is 1. The van der Waals surface area contributed by atoms with Crippen LogP contribution in [-0.2, 0) is 43.7 Å². The third kappa shape index (κ3) is 14.6. The van der Waals surface area contributed by atoms with Crippen LogP contribution in [0.25, 0.3) is 67.7 Å². The molecule has 12 aromatic rings. The number of hydrogen-bond donors (Lipinski definition) is 3. The van der Waals surface area contributed by atoms with Gasteiger partial charge in [0.05, 0.1) is 70.8 Å². The number of pyridine rings is 1. The Morgan fingerprint density at radius 3 is 1.25 bits per heavy atom. The van der Waals surface area contributed by atoms with Gasteiger partial charge in [0.15, 0.2) is 17.5 Å². The van der Waals surface area contributed by atoms with E-state index < -0.39 is 0 Å². The molecule has 5 aliphatic rings. The molecule has 0 spiro atoms.